The Bertz CT molecular complexity index is 288. The molecule has 104 valence electrons. The lowest BCUT2D eigenvalue weighted by atomic mass is 10.1. The van der Waals surface area contributed by atoms with Crippen LogP contribution in [0.1, 0.15) is 26.2 Å². The molecule has 1 amide bonds. The molecule has 0 radical (unpaired) electrons. The lowest BCUT2D eigenvalue weighted by Crippen LogP contribution is -2.50. The number of carbonyl (C=O) groups is 2. The number of hydrogen-bond acceptors (Lipinski definition) is 4. The number of carboxylic acids is 1. The van der Waals surface area contributed by atoms with Gasteiger partial charge in [0.25, 0.3) is 0 Å². The van der Waals surface area contributed by atoms with Gasteiger partial charge >= 0.3 is 5.97 Å². The molecule has 18 heavy (non-hydrogen) atoms. The van der Waals surface area contributed by atoms with E-state index >= 15 is 0 Å². The van der Waals surface area contributed by atoms with E-state index in [-0.39, 0.29) is 18.5 Å². The first kappa shape index (κ1) is 14.9. The van der Waals surface area contributed by atoms with E-state index in [9.17, 15) is 9.59 Å². The highest BCUT2D eigenvalue weighted by molar-refractivity contribution is 5.77. The molecule has 6 heteroatoms. The zero-order chi connectivity index (χ0) is 13.5. The third-order valence-electron chi connectivity index (χ3n) is 3.18. The minimum Gasteiger partial charge on any atom is -0.480 e. The van der Waals surface area contributed by atoms with E-state index in [1.54, 1.807) is 4.90 Å². The average Bonchev–Trinajstić information content (AvgIpc) is 2.29. The van der Waals surface area contributed by atoms with Gasteiger partial charge in [-0.15, -0.1) is 0 Å². The second-order valence-corrected chi connectivity index (χ2v) is 4.80. The lowest BCUT2D eigenvalue weighted by molar-refractivity contribution is -0.139. The van der Waals surface area contributed by atoms with Crippen LogP contribution < -0.4 is 5.73 Å². The lowest BCUT2D eigenvalue weighted by Gasteiger charge is -2.34. The molecule has 0 aliphatic carbocycles. The fourth-order valence-electron chi connectivity index (χ4n) is 2.17. The Morgan fingerprint density at radius 3 is 2.39 bits per heavy atom. The predicted molar refractivity (Wildman–Crippen MR) is 68.2 cm³/mol. The highest BCUT2D eigenvalue weighted by Gasteiger charge is 2.23. The molecule has 0 aromatic carbocycles. The maximum Gasteiger partial charge on any atom is 0.317 e. The summed E-state index contributed by atoms with van der Waals surface area (Å²) in [4.78, 5) is 26.1. The summed E-state index contributed by atoms with van der Waals surface area (Å²) in [5, 5.41) is 8.68. The van der Waals surface area contributed by atoms with Crippen molar-refractivity contribution in [1.29, 1.82) is 0 Å². The SMILES string of the molecule is CCCC(N)CC(=O)N1CCN(CC(=O)O)CC1. The molecule has 3 N–H and O–H groups in total. The van der Waals surface area contributed by atoms with Crippen LogP contribution in [-0.2, 0) is 9.59 Å². The monoisotopic (exact) mass is 257 g/mol. The van der Waals surface area contributed by atoms with Crippen molar-refractivity contribution in [3.63, 3.8) is 0 Å². The number of rotatable bonds is 6. The number of carboxylic acid groups (broad SMARTS) is 1. The van der Waals surface area contributed by atoms with Crippen molar-refractivity contribution in [3.05, 3.63) is 0 Å². The number of nitrogens with two attached hydrogens (primary N) is 1. The second-order valence-electron chi connectivity index (χ2n) is 4.80. The van der Waals surface area contributed by atoms with Crippen molar-refractivity contribution < 1.29 is 14.7 Å². The first-order valence-electron chi connectivity index (χ1n) is 6.50. The van der Waals surface area contributed by atoms with Gasteiger partial charge in [-0.2, -0.15) is 0 Å². The Kier molecular flexibility index (Phi) is 6.07. The van der Waals surface area contributed by atoms with E-state index < -0.39 is 5.97 Å². The molecule has 0 bridgehead atoms. The van der Waals surface area contributed by atoms with Crippen LogP contribution in [0.15, 0.2) is 0 Å². The molecule has 1 aliphatic heterocycles. The van der Waals surface area contributed by atoms with E-state index in [1.807, 2.05) is 4.90 Å². The number of nitrogens with zero attached hydrogens (tertiary/aromatic N) is 2. The van der Waals surface area contributed by atoms with Crippen LogP contribution >= 0.6 is 0 Å². The molecule has 1 heterocycles. The molecule has 0 spiro atoms. The van der Waals surface area contributed by atoms with Gasteiger partial charge in [0.1, 0.15) is 0 Å². The highest BCUT2D eigenvalue weighted by Crippen LogP contribution is 2.06. The summed E-state index contributed by atoms with van der Waals surface area (Å²) in [6.07, 6.45) is 2.25. The van der Waals surface area contributed by atoms with Crippen LogP contribution in [0.5, 0.6) is 0 Å². The average molecular weight is 257 g/mol. The number of carbonyl (C=O) groups excluding carboxylic acids is 1. The molecule has 1 atom stereocenters. The Balaban J connectivity index is 2.29. The van der Waals surface area contributed by atoms with Gasteiger partial charge in [0.15, 0.2) is 0 Å². The Labute approximate surface area is 108 Å². The maximum atomic E-state index is 11.9. The minimum absolute atomic E-state index is 0.0530. The fraction of sp³-hybridized carbons (Fsp3) is 0.833. The van der Waals surface area contributed by atoms with Crippen LogP contribution in [0, 0.1) is 0 Å². The van der Waals surface area contributed by atoms with Crippen LogP contribution in [0.4, 0.5) is 0 Å². The standard InChI is InChI=1S/C12H23N3O3/c1-2-3-10(13)8-11(16)15-6-4-14(5-7-15)9-12(17)18/h10H,2-9,13H2,1H3,(H,17,18). The molecule has 0 aromatic rings. The van der Waals surface area contributed by atoms with Crippen molar-refractivity contribution >= 4 is 11.9 Å². The topological polar surface area (TPSA) is 86.9 Å². The molecule has 1 saturated heterocycles. The third kappa shape index (κ3) is 5.01. The number of piperazine rings is 1. The molecule has 6 nitrogen and oxygen atoms in total. The van der Waals surface area contributed by atoms with Crippen molar-refractivity contribution in [2.24, 2.45) is 5.73 Å². The summed E-state index contributed by atoms with van der Waals surface area (Å²) >= 11 is 0. The van der Waals surface area contributed by atoms with Gasteiger partial charge in [-0.1, -0.05) is 13.3 Å². The zero-order valence-electron chi connectivity index (χ0n) is 11.0. The van der Waals surface area contributed by atoms with Gasteiger partial charge < -0.3 is 15.7 Å². The summed E-state index contributed by atoms with van der Waals surface area (Å²) in [5.74, 6) is -0.731. The zero-order valence-corrected chi connectivity index (χ0v) is 11.0. The molecule has 1 rings (SSSR count). The van der Waals surface area contributed by atoms with Crippen LogP contribution in [0.2, 0.25) is 0 Å². The van der Waals surface area contributed by atoms with Crippen molar-refractivity contribution in [1.82, 2.24) is 9.80 Å². The van der Waals surface area contributed by atoms with Crippen LogP contribution in [0.3, 0.4) is 0 Å². The number of aliphatic carboxylic acids is 1. The van der Waals surface area contributed by atoms with Gasteiger partial charge in [-0.25, -0.2) is 0 Å². The summed E-state index contributed by atoms with van der Waals surface area (Å²) in [7, 11) is 0. The maximum absolute atomic E-state index is 11.9. The molecular formula is C12H23N3O3. The number of hydrogen-bond donors (Lipinski definition) is 2. The molecule has 0 aromatic heterocycles. The molecular weight excluding hydrogens is 234 g/mol. The van der Waals surface area contributed by atoms with Crippen LogP contribution in [-0.4, -0.2) is 65.5 Å². The van der Waals surface area contributed by atoms with Crippen molar-refractivity contribution in [3.8, 4) is 0 Å². The van der Waals surface area contributed by atoms with Gasteiger partial charge in [0, 0.05) is 38.6 Å². The molecule has 1 fully saturated rings. The van der Waals surface area contributed by atoms with Crippen LogP contribution in [0.25, 0.3) is 0 Å². The predicted octanol–water partition coefficient (Wildman–Crippen LogP) is -0.267. The van der Waals surface area contributed by atoms with Gasteiger partial charge in [-0.05, 0) is 6.42 Å². The largest absolute Gasteiger partial charge is 0.480 e. The van der Waals surface area contributed by atoms with E-state index in [0.717, 1.165) is 12.8 Å². The Hall–Kier alpha value is -1.14. The second kappa shape index (κ2) is 7.33. The van der Waals surface area contributed by atoms with Crippen molar-refractivity contribution in [2.75, 3.05) is 32.7 Å². The fourth-order valence-corrected chi connectivity index (χ4v) is 2.17. The summed E-state index contributed by atoms with van der Waals surface area (Å²) in [5.41, 5.74) is 5.85. The van der Waals surface area contributed by atoms with E-state index in [0.29, 0.717) is 32.6 Å². The summed E-state index contributed by atoms with van der Waals surface area (Å²) in [6, 6.07) is -0.0560. The van der Waals surface area contributed by atoms with E-state index in [4.69, 9.17) is 10.8 Å². The van der Waals surface area contributed by atoms with Gasteiger partial charge in [0.2, 0.25) is 5.91 Å². The smallest absolute Gasteiger partial charge is 0.317 e. The Morgan fingerprint density at radius 1 is 1.28 bits per heavy atom. The quantitative estimate of drug-likeness (QED) is 0.684. The molecule has 1 unspecified atom stereocenters. The third-order valence-corrected chi connectivity index (χ3v) is 3.18. The first-order chi connectivity index (χ1) is 8.52. The number of amides is 1. The van der Waals surface area contributed by atoms with Crippen molar-refractivity contribution in [2.45, 2.75) is 32.2 Å². The molecule has 0 saturated carbocycles. The summed E-state index contributed by atoms with van der Waals surface area (Å²) < 4.78 is 0. The first-order valence-corrected chi connectivity index (χ1v) is 6.50. The molecule has 1 aliphatic rings. The Morgan fingerprint density at radius 2 is 1.89 bits per heavy atom. The highest BCUT2D eigenvalue weighted by atomic mass is 16.4. The van der Waals surface area contributed by atoms with E-state index in [1.165, 1.54) is 0 Å². The normalized spacial score (nSPS) is 18.7. The summed E-state index contributed by atoms with van der Waals surface area (Å²) in [6.45, 7) is 4.56. The van der Waals surface area contributed by atoms with Gasteiger partial charge in [0.05, 0.1) is 6.54 Å². The van der Waals surface area contributed by atoms with E-state index in [2.05, 4.69) is 6.92 Å². The van der Waals surface area contributed by atoms with Gasteiger partial charge in [-0.3, -0.25) is 14.5 Å². The minimum atomic E-state index is -0.820.